The normalized spacial score (nSPS) is 33.7. The molecule has 7 nitrogen and oxygen atoms in total. The summed E-state index contributed by atoms with van der Waals surface area (Å²) in [6.07, 6.45) is -4.05. The Morgan fingerprint density at radius 1 is 1.25 bits per heavy atom. The summed E-state index contributed by atoms with van der Waals surface area (Å²) in [4.78, 5) is 42.1. The Balaban J connectivity index is 0.00000225. The fourth-order valence-corrected chi connectivity index (χ4v) is 4.46. The van der Waals surface area contributed by atoms with Gasteiger partial charge in [-0.2, -0.15) is 18.4 Å². The van der Waals surface area contributed by atoms with Crippen molar-refractivity contribution in [3.05, 3.63) is 23.5 Å². The van der Waals surface area contributed by atoms with Crippen molar-refractivity contribution in [3.63, 3.8) is 0 Å². The number of Topliss-reactive ketones (excluding diaryl/α,β-unsaturated/α-hetero) is 1. The van der Waals surface area contributed by atoms with E-state index >= 15 is 0 Å². The fraction of sp³-hybridized carbons (Fsp3) is 0.500. The van der Waals surface area contributed by atoms with Crippen LogP contribution in [0.15, 0.2) is 12.3 Å². The highest BCUT2D eigenvalue weighted by molar-refractivity contribution is 6.25. The molecule has 3 aliphatic rings. The zero-order valence-electron chi connectivity index (χ0n) is 14.1. The SMILES string of the molecule is C.C[C@]12CC(=O)[C@](C)(O1)[C@@H]1C(=O)N(c3cnc(C#N)c(C(F)(F)F)c3)C(=O)[C@@H]12. The summed E-state index contributed by atoms with van der Waals surface area (Å²) in [5.41, 5.74) is -5.24. The first-order valence-electron chi connectivity index (χ1n) is 8.02. The Morgan fingerprint density at radius 3 is 2.43 bits per heavy atom. The number of nitriles is 1. The van der Waals surface area contributed by atoms with Gasteiger partial charge in [0.1, 0.15) is 11.7 Å². The summed E-state index contributed by atoms with van der Waals surface area (Å²) in [7, 11) is 0. The zero-order chi connectivity index (χ0) is 19.9. The highest BCUT2D eigenvalue weighted by Crippen LogP contribution is 2.59. The molecule has 4 atom stereocenters. The van der Waals surface area contributed by atoms with Gasteiger partial charge in [0, 0.05) is 6.42 Å². The highest BCUT2D eigenvalue weighted by Gasteiger charge is 2.76. The van der Waals surface area contributed by atoms with Crippen LogP contribution in [0.5, 0.6) is 0 Å². The Kier molecular flexibility index (Phi) is 3.99. The standard InChI is InChI=1S/C17H12F3N3O4.CH4/c1-15-4-10(24)16(2,27-15)12-11(15)13(25)23(14(12)26)7-3-8(17(18,19)20)9(5-21)22-6-7;/h3,6,11-12H,4H2,1-2H3;1H4/t11-,12+,15-,16+;/m1./s1. The number of hydrogen-bond acceptors (Lipinski definition) is 6. The van der Waals surface area contributed by atoms with E-state index in [1.807, 2.05) is 0 Å². The molecule has 4 rings (SSSR count). The van der Waals surface area contributed by atoms with E-state index in [4.69, 9.17) is 10.00 Å². The van der Waals surface area contributed by atoms with Crippen molar-refractivity contribution in [2.45, 2.75) is 45.1 Å². The lowest BCUT2D eigenvalue weighted by Gasteiger charge is -2.26. The second-order valence-electron chi connectivity index (χ2n) is 7.29. The molecule has 1 aromatic heterocycles. The number of rotatable bonds is 1. The van der Waals surface area contributed by atoms with Crippen molar-refractivity contribution >= 4 is 23.3 Å². The van der Waals surface area contributed by atoms with Crippen LogP contribution in [0.2, 0.25) is 0 Å². The number of alkyl halides is 3. The number of ether oxygens (including phenoxy) is 1. The van der Waals surface area contributed by atoms with Crippen molar-refractivity contribution in [2.24, 2.45) is 11.8 Å². The van der Waals surface area contributed by atoms with Crippen LogP contribution in [0.1, 0.15) is 39.0 Å². The van der Waals surface area contributed by atoms with Crippen molar-refractivity contribution in [1.82, 2.24) is 4.98 Å². The van der Waals surface area contributed by atoms with Crippen molar-refractivity contribution in [3.8, 4) is 6.07 Å². The number of anilines is 1. The Labute approximate surface area is 158 Å². The lowest BCUT2D eigenvalue weighted by atomic mass is 9.68. The zero-order valence-corrected chi connectivity index (χ0v) is 14.1. The van der Waals surface area contributed by atoms with Crippen LogP contribution in [0.4, 0.5) is 18.9 Å². The van der Waals surface area contributed by atoms with Gasteiger partial charge in [-0.1, -0.05) is 7.43 Å². The van der Waals surface area contributed by atoms with E-state index in [9.17, 15) is 27.6 Å². The molecule has 2 amide bonds. The van der Waals surface area contributed by atoms with Gasteiger partial charge in [-0.15, -0.1) is 0 Å². The highest BCUT2D eigenvalue weighted by atomic mass is 19.4. The molecule has 1 aromatic rings. The second kappa shape index (κ2) is 5.61. The summed E-state index contributed by atoms with van der Waals surface area (Å²) in [6, 6.07) is 1.89. The number of carbonyl (C=O) groups excluding carboxylic acids is 3. The van der Waals surface area contributed by atoms with E-state index in [2.05, 4.69) is 4.98 Å². The second-order valence-corrected chi connectivity index (χ2v) is 7.29. The van der Waals surface area contributed by atoms with Crippen LogP contribution >= 0.6 is 0 Å². The van der Waals surface area contributed by atoms with Gasteiger partial charge >= 0.3 is 6.18 Å². The summed E-state index contributed by atoms with van der Waals surface area (Å²) < 4.78 is 45.3. The van der Waals surface area contributed by atoms with Gasteiger partial charge in [0.2, 0.25) is 11.8 Å². The van der Waals surface area contributed by atoms with Crippen LogP contribution in [-0.2, 0) is 25.3 Å². The van der Waals surface area contributed by atoms with E-state index in [-0.39, 0.29) is 25.3 Å². The number of fused-ring (bicyclic) bond motifs is 5. The molecular weight excluding hydrogens is 379 g/mol. The molecule has 3 saturated heterocycles. The molecule has 4 heterocycles. The molecule has 3 aliphatic heterocycles. The van der Waals surface area contributed by atoms with Gasteiger partial charge in [0.05, 0.1) is 34.9 Å². The Bertz CT molecular complexity index is 970. The van der Waals surface area contributed by atoms with Crippen LogP contribution in [0.3, 0.4) is 0 Å². The molecule has 28 heavy (non-hydrogen) atoms. The van der Waals surface area contributed by atoms with Gasteiger partial charge in [0.15, 0.2) is 11.5 Å². The van der Waals surface area contributed by atoms with Gasteiger partial charge < -0.3 is 4.74 Å². The maximum atomic E-state index is 13.2. The van der Waals surface area contributed by atoms with E-state index < -0.39 is 52.3 Å². The first-order valence-corrected chi connectivity index (χ1v) is 8.02. The van der Waals surface area contributed by atoms with Gasteiger partial charge in [0.25, 0.3) is 0 Å². The first kappa shape index (κ1) is 19.9. The van der Waals surface area contributed by atoms with Gasteiger partial charge in [-0.3, -0.25) is 14.4 Å². The van der Waals surface area contributed by atoms with E-state index in [1.54, 1.807) is 6.92 Å². The third-order valence-corrected chi connectivity index (χ3v) is 5.61. The first-order chi connectivity index (χ1) is 12.4. The summed E-state index contributed by atoms with van der Waals surface area (Å²) in [6.45, 7) is 2.98. The molecule has 148 valence electrons. The summed E-state index contributed by atoms with van der Waals surface area (Å²) >= 11 is 0. The Morgan fingerprint density at radius 2 is 1.86 bits per heavy atom. The molecule has 0 aliphatic carbocycles. The fourth-order valence-electron chi connectivity index (χ4n) is 4.46. The predicted octanol–water partition coefficient (Wildman–Crippen LogP) is 2.23. The minimum absolute atomic E-state index is 0. The van der Waals surface area contributed by atoms with E-state index in [0.717, 1.165) is 6.20 Å². The molecular formula is C18H16F3N3O4. The predicted molar refractivity (Wildman–Crippen MR) is 87.7 cm³/mol. The molecule has 10 heteroatoms. The Hall–Kier alpha value is -2.80. The number of hydrogen-bond donors (Lipinski definition) is 0. The average molecular weight is 395 g/mol. The smallest absolute Gasteiger partial charge is 0.359 e. The molecule has 0 radical (unpaired) electrons. The number of halogens is 3. The molecule has 0 aromatic carbocycles. The monoisotopic (exact) mass is 395 g/mol. The van der Waals surface area contributed by atoms with Crippen LogP contribution in [0.25, 0.3) is 0 Å². The number of nitrogens with zero attached hydrogens (tertiary/aromatic N) is 3. The van der Waals surface area contributed by atoms with Crippen LogP contribution in [-0.4, -0.2) is 33.8 Å². The largest absolute Gasteiger partial charge is 0.419 e. The molecule has 3 fully saturated rings. The summed E-state index contributed by atoms with van der Waals surface area (Å²) in [5.74, 6) is -3.91. The lowest BCUT2D eigenvalue weighted by molar-refractivity contribution is -0.140. The minimum atomic E-state index is -4.88. The maximum absolute atomic E-state index is 13.2. The average Bonchev–Trinajstić information content (AvgIpc) is 3.07. The van der Waals surface area contributed by atoms with Crippen molar-refractivity contribution < 1.29 is 32.3 Å². The minimum Gasteiger partial charge on any atom is -0.359 e. The number of aromatic nitrogens is 1. The molecule has 2 bridgehead atoms. The van der Waals surface area contributed by atoms with E-state index in [1.165, 1.54) is 13.0 Å². The number of amides is 2. The quantitative estimate of drug-likeness (QED) is 0.676. The molecule has 0 spiro atoms. The number of imide groups is 1. The molecule has 0 N–H and O–H groups in total. The van der Waals surface area contributed by atoms with Gasteiger partial charge in [-0.25, -0.2) is 9.88 Å². The van der Waals surface area contributed by atoms with Crippen LogP contribution < -0.4 is 4.90 Å². The number of ketones is 1. The lowest BCUT2D eigenvalue weighted by Crippen LogP contribution is -2.46. The number of pyridine rings is 1. The maximum Gasteiger partial charge on any atom is 0.419 e. The molecule has 0 saturated carbocycles. The third-order valence-electron chi connectivity index (χ3n) is 5.61. The van der Waals surface area contributed by atoms with Gasteiger partial charge in [-0.05, 0) is 19.9 Å². The van der Waals surface area contributed by atoms with E-state index in [0.29, 0.717) is 11.0 Å². The van der Waals surface area contributed by atoms with Crippen molar-refractivity contribution in [1.29, 1.82) is 5.26 Å². The third kappa shape index (κ3) is 2.26. The number of carbonyl (C=O) groups is 3. The molecule has 0 unspecified atom stereocenters. The summed E-state index contributed by atoms with van der Waals surface area (Å²) in [5, 5.41) is 8.83. The van der Waals surface area contributed by atoms with Crippen LogP contribution in [0, 0.1) is 23.2 Å². The van der Waals surface area contributed by atoms with Crippen molar-refractivity contribution in [2.75, 3.05) is 4.90 Å². The topological polar surface area (TPSA) is 100 Å².